The van der Waals surface area contributed by atoms with E-state index in [9.17, 15) is 4.39 Å². The van der Waals surface area contributed by atoms with Crippen LogP contribution in [0.5, 0.6) is 5.75 Å². The summed E-state index contributed by atoms with van der Waals surface area (Å²) in [4.78, 5) is 0. The van der Waals surface area contributed by atoms with Crippen molar-refractivity contribution in [3.63, 3.8) is 0 Å². The predicted molar refractivity (Wildman–Crippen MR) is 53.3 cm³/mol. The highest BCUT2D eigenvalue weighted by Crippen LogP contribution is 2.26. The maximum Gasteiger partial charge on any atom is 0.123 e. The van der Waals surface area contributed by atoms with E-state index in [4.69, 9.17) is 4.74 Å². The van der Waals surface area contributed by atoms with Crippen LogP contribution in [0.25, 0.3) is 0 Å². The minimum Gasteiger partial charge on any atom is -0.496 e. The highest BCUT2D eigenvalue weighted by atomic mass is 19.1. The largest absolute Gasteiger partial charge is 0.496 e. The first kappa shape index (κ1) is 9.46. The van der Waals surface area contributed by atoms with Crippen molar-refractivity contribution in [3.8, 4) is 5.75 Å². The zero-order chi connectivity index (χ0) is 9.97. The molecule has 1 aromatic carbocycles. The van der Waals surface area contributed by atoms with Crippen molar-refractivity contribution in [2.45, 2.75) is 19.0 Å². The molecule has 1 aliphatic heterocycles. The lowest BCUT2D eigenvalue weighted by Crippen LogP contribution is -2.37. The molecule has 0 fully saturated rings. The molecule has 0 aliphatic carbocycles. The molecule has 0 saturated heterocycles. The SMILES string of the molecule is COc1cccc2c1CNC(CF)C2. The van der Waals surface area contributed by atoms with Crippen LogP contribution in [0.4, 0.5) is 4.39 Å². The summed E-state index contributed by atoms with van der Waals surface area (Å²) in [5, 5.41) is 3.14. The molecule has 1 heterocycles. The highest BCUT2D eigenvalue weighted by Gasteiger charge is 2.19. The van der Waals surface area contributed by atoms with E-state index >= 15 is 0 Å². The van der Waals surface area contributed by atoms with Crippen LogP contribution in [0.1, 0.15) is 11.1 Å². The van der Waals surface area contributed by atoms with Crippen LogP contribution in [0.2, 0.25) is 0 Å². The summed E-state index contributed by atoms with van der Waals surface area (Å²) in [5.41, 5.74) is 2.37. The Balaban J connectivity index is 2.30. The van der Waals surface area contributed by atoms with Gasteiger partial charge < -0.3 is 10.1 Å². The van der Waals surface area contributed by atoms with E-state index in [2.05, 4.69) is 5.32 Å². The first-order valence-corrected chi connectivity index (χ1v) is 4.79. The van der Waals surface area contributed by atoms with Gasteiger partial charge in [0.2, 0.25) is 0 Å². The normalized spacial score (nSPS) is 20.3. The summed E-state index contributed by atoms with van der Waals surface area (Å²) in [6, 6.07) is 5.91. The van der Waals surface area contributed by atoms with Gasteiger partial charge in [-0.1, -0.05) is 12.1 Å². The van der Waals surface area contributed by atoms with Crippen molar-refractivity contribution in [2.75, 3.05) is 13.8 Å². The van der Waals surface area contributed by atoms with Crippen molar-refractivity contribution >= 4 is 0 Å². The van der Waals surface area contributed by atoms with Gasteiger partial charge in [-0.15, -0.1) is 0 Å². The van der Waals surface area contributed by atoms with Gasteiger partial charge in [0, 0.05) is 18.2 Å². The molecule has 14 heavy (non-hydrogen) atoms. The zero-order valence-corrected chi connectivity index (χ0v) is 8.22. The molecule has 1 aromatic rings. The molecule has 0 radical (unpaired) electrons. The molecule has 2 nitrogen and oxygen atoms in total. The van der Waals surface area contributed by atoms with E-state index in [1.807, 2.05) is 18.2 Å². The Kier molecular flexibility index (Phi) is 2.68. The second-order valence-corrected chi connectivity index (χ2v) is 3.53. The zero-order valence-electron chi connectivity index (χ0n) is 8.22. The Bertz CT molecular complexity index is 327. The van der Waals surface area contributed by atoms with Gasteiger partial charge in [-0.25, -0.2) is 4.39 Å². The minimum absolute atomic E-state index is 0.0328. The Morgan fingerprint density at radius 3 is 3.14 bits per heavy atom. The van der Waals surface area contributed by atoms with Crippen molar-refractivity contribution < 1.29 is 9.13 Å². The first-order valence-electron chi connectivity index (χ1n) is 4.79. The summed E-state index contributed by atoms with van der Waals surface area (Å²) in [6.07, 6.45) is 0.753. The van der Waals surface area contributed by atoms with E-state index in [0.29, 0.717) is 6.54 Å². The van der Waals surface area contributed by atoms with Crippen LogP contribution >= 0.6 is 0 Å². The maximum absolute atomic E-state index is 12.5. The minimum atomic E-state index is -0.309. The summed E-state index contributed by atoms with van der Waals surface area (Å²) in [5.74, 6) is 0.896. The van der Waals surface area contributed by atoms with Gasteiger partial charge in [-0.3, -0.25) is 0 Å². The van der Waals surface area contributed by atoms with Crippen molar-refractivity contribution in [1.82, 2.24) is 5.32 Å². The van der Waals surface area contributed by atoms with Crippen molar-refractivity contribution in [1.29, 1.82) is 0 Å². The van der Waals surface area contributed by atoms with Crippen molar-refractivity contribution in [2.24, 2.45) is 0 Å². The summed E-state index contributed by atoms with van der Waals surface area (Å²) < 4.78 is 17.7. The quantitative estimate of drug-likeness (QED) is 0.775. The molecular weight excluding hydrogens is 181 g/mol. The fourth-order valence-corrected chi connectivity index (χ4v) is 1.89. The average Bonchev–Trinajstić information content (AvgIpc) is 2.27. The third-order valence-electron chi connectivity index (χ3n) is 2.67. The van der Waals surface area contributed by atoms with Gasteiger partial charge in [0.15, 0.2) is 0 Å². The molecule has 1 atom stereocenters. The topological polar surface area (TPSA) is 21.3 Å². The lowest BCUT2D eigenvalue weighted by atomic mass is 9.96. The number of benzene rings is 1. The number of hydrogen-bond donors (Lipinski definition) is 1. The number of fused-ring (bicyclic) bond motifs is 1. The van der Waals surface area contributed by atoms with Crippen LogP contribution in [0, 0.1) is 0 Å². The van der Waals surface area contributed by atoms with Gasteiger partial charge in [-0.05, 0) is 18.1 Å². The summed E-state index contributed by atoms with van der Waals surface area (Å²) in [7, 11) is 1.66. The van der Waals surface area contributed by atoms with Gasteiger partial charge in [0.1, 0.15) is 12.4 Å². The lowest BCUT2D eigenvalue weighted by Gasteiger charge is -2.25. The smallest absolute Gasteiger partial charge is 0.123 e. The van der Waals surface area contributed by atoms with Gasteiger partial charge in [-0.2, -0.15) is 0 Å². The maximum atomic E-state index is 12.5. The number of nitrogens with one attached hydrogen (secondary N) is 1. The van der Waals surface area contributed by atoms with E-state index < -0.39 is 0 Å². The number of ether oxygens (including phenoxy) is 1. The Labute approximate surface area is 83.1 Å². The van der Waals surface area contributed by atoms with Gasteiger partial charge in [0.25, 0.3) is 0 Å². The Morgan fingerprint density at radius 1 is 1.57 bits per heavy atom. The first-order chi connectivity index (χ1) is 6.85. The third-order valence-corrected chi connectivity index (χ3v) is 2.67. The molecule has 0 spiro atoms. The lowest BCUT2D eigenvalue weighted by molar-refractivity contribution is 0.349. The van der Waals surface area contributed by atoms with Gasteiger partial charge >= 0.3 is 0 Å². The molecule has 0 aromatic heterocycles. The van der Waals surface area contributed by atoms with E-state index in [-0.39, 0.29) is 12.7 Å². The molecular formula is C11H14FNO. The monoisotopic (exact) mass is 195 g/mol. The molecule has 0 amide bonds. The molecule has 0 bridgehead atoms. The fraction of sp³-hybridized carbons (Fsp3) is 0.455. The Hall–Kier alpha value is -1.09. The second-order valence-electron chi connectivity index (χ2n) is 3.53. The van der Waals surface area contributed by atoms with Crippen LogP contribution < -0.4 is 10.1 Å². The van der Waals surface area contributed by atoms with Crippen LogP contribution in [-0.2, 0) is 13.0 Å². The van der Waals surface area contributed by atoms with Gasteiger partial charge in [0.05, 0.1) is 7.11 Å². The molecule has 2 rings (SSSR count). The number of hydrogen-bond acceptors (Lipinski definition) is 2. The van der Waals surface area contributed by atoms with Crippen LogP contribution in [-0.4, -0.2) is 19.8 Å². The van der Waals surface area contributed by atoms with E-state index in [1.165, 1.54) is 11.1 Å². The van der Waals surface area contributed by atoms with Crippen molar-refractivity contribution in [3.05, 3.63) is 29.3 Å². The third kappa shape index (κ3) is 1.60. The predicted octanol–water partition coefficient (Wildman–Crippen LogP) is 1.68. The second kappa shape index (κ2) is 3.96. The fourth-order valence-electron chi connectivity index (χ4n) is 1.89. The molecule has 1 N–H and O–H groups in total. The molecule has 76 valence electrons. The highest BCUT2D eigenvalue weighted by molar-refractivity contribution is 5.42. The summed E-state index contributed by atoms with van der Waals surface area (Å²) >= 11 is 0. The number of rotatable bonds is 2. The summed E-state index contributed by atoms with van der Waals surface area (Å²) in [6.45, 7) is 0.393. The number of alkyl halides is 1. The molecule has 1 unspecified atom stereocenters. The van der Waals surface area contributed by atoms with E-state index in [1.54, 1.807) is 7.11 Å². The Morgan fingerprint density at radius 2 is 2.43 bits per heavy atom. The molecule has 1 aliphatic rings. The number of methoxy groups -OCH3 is 1. The number of halogens is 1. The van der Waals surface area contributed by atoms with E-state index in [0.717, 1.165) is 12.2 Å². The van der Waals surface area contributed by atoms with Crippen LogP contribution in [0.15, 0.2) is 18.2 Å². The standard InChI is InChI=1S/C11H14FNO/c1-14-11-4-2-3-8-5-9(6-12)13-7-10(8)11/h2-4,9,13H,5-7H2,1H3. The average molecular weight is 195 g/mol. The molecule has 3 heteroatoms. The van der Waals surface area contributed by atoms with Crippen LogP contribution in [0.3, 0.4) is 0 Å². The molecule has 0 saturated carbocycles.